The molecule has 0 aliphatic carbocycles. The van der Waals surface area contributed by atoms with Crippen LogP contribution in [0.2, 0.25) is 0 Å². The minimum Gasteiger partial charge on any atom is -0.396 e. The quantitative estimate of drug-likeness (QED) is 0.733. The number of aliphatic hydroxyl groups excluding tert-OH is 1. The van der Waals surface area contributed by atoms with Crippen molar-refractivity contribution in [3.8, 4) is 0 Å². The summed E-state index contributed by atoms with van der Waals surface area (Å²) in [6.07, 6.45) is 2.48. The lowest BCUT2D eigenvalue weighted by molar-refractivity contribution is 0.00504. The zero-order valence-corrected chi connectivity index (χ0v) is 10.0. The van der Waals surface area contributed by atoms with E-state index >= 15 is 0 Å². The smallest absolute Gasteiger partial charge is 0.0471 e. The Hall–Kier alpha value is -0.120. The predicted molar refractivity (Wildman–Crippen MR) is 61.9 cm³/mol. The topological polar surface area (TPSA) is 26.7 Å². The van der Waals surface area contributed by atoms with Crippen LogP contribution in [0, 0.1) is 5.92 Å². The van der Waals surface area contributed by atoms with Crippen molar-refractivity contribution in [1.29, 1.82) is 0 Å². The normalized spacial score (nSPS) is 34.4. The van der Waals surface area contributed by atoms with Crippen molar-refractivity contribution in [2.75, 3.05) is 32.8 Å². The highest BCUT2D eigenvalue weighted by molar-refractivity contribution is 4.88. The molecule has 2 saturated heterocycles. The van der Waals surface area contributed by atoms with Crippen molar-refractivity contribution in [1.82, 2.24) is 9.80 Å². The maximum atomic E-state index is 9.18. The lowest BCUT2D eigenvalue weighted by atomic mass is 9.91. The molecule has 0 unspecified atom stereocenters. The van der Waals surface area contributed by atoms with Gasteiger partial charge in [0, 0.05) is 44.9 Å². The van der Waals surface area contributed by atoms with E-state index in [-0.39, 0.29) is 0 Å². The average Bonchev–Trinajstić information content (AvgIpc) is 2.27. The van der Waals surface area contributed by atoms with E-state index in [1.807, 2.05) is 0 Å². The predicted octanol–water partition coefficient (Wildman–Crippen LogP) is 0.783. The van der Waals surface area contributed by atoms with Gasteiger partial charge in [-0.15, -0.1) is 0 Å². The number of rotatable bonds is 2. The SMILES string of the molecule is CC(C)N1CCN2C[C@@H](CO)CC[C@H]2C1. The van der Waals surface area contributed by atoms with E-state index in [0.29, 0.717) is 18.6 Å². The third-order valence-electron chi connectivity index (χ3n) is 4.03. The standard InChI is InChI=1S/C12H24N2O/c1-10(2)13-5-6-14-7-11(9-15)3-4-12(14)8-13/h10-12,15H,3-9H2,1-2H3/t11-,12-/m0/s1. The molecule has 3 heteroatoms. The van der Waals surface area contributed by atoms with Gasteiger partial charge in [-0.25, -0.2) is 0 Å². The molecule has 0 aromatic rings. The average molecular weight is 212 g/mol. The first kappa shape index (κ1) is 11.4. The zero-order chi connectivity index (χ0) is 10.8. The fourth-order valence-electron chi connectivity index (χ4n) is 2.90. The minimum atomic E-state index is 0.372. The summed E-state index contributed by atoms with van der Waals surface area (Å²) in [6.45, 7) is 9.69. The Morgan fingerprint density at radius 1 is 1.20 bits per heavy atom. The molecule has 0 spiro atoms. The van der Waals surface area contributed by atoms with Gasteiger partial charge in [-0.05, 0) is 32.6 Å². The monoisotopic (exact) mass is 212 g/mol. The maximum Gasteiger partial charge on any atom is 0.0471 e. The first-order valence-corrected chi connectivity index (χ1v) is 6.29. The summed E-state index contributed by atoms with van der Waals surface area (Å²) < 4.78 is 0. The Morgan fingerprint density at radius 3 is 2.67 bits per heavy atom. The number of nitrogens with zero attached hydrogens (tertiary/aromatic N) is 2. The van der Waals surface area contributed by atoms with E-state index in [1.54, 1.807) is 0 Å². The number of hydrogen-bond acceptors (Lipinski definition) is 3. The number of piperazine rings is 1. The van der Waals surface area contributed by atoms with Gasteiger partial charge in [0.1, 0.15) is 0 Å². The van der Waals surface area contributed by atoms with Crippen LogP contribution in [0.1, 0.15) is 26.7 Å². The molecule has 2 atom stereocenters. The summed E-state index contributed by atoms with van der Waals surface area (Å²) in [4.78, 5) is 5.17. The van der Waals surface area contributed by atoms with Gasteiger partial charge in [0.15, 0.2) is 0 Å². The summed E-state index contributed by atoms with van der Waals surface area (Å²) in [5, 5.41) is 9.18. The molecule has 0 radical (unpaired) electrons. The number of fused-ring (bicyclic) bond motifs is 1. The lowest BCUT2D eigenvalue weighted by Crippen LogP contribution is -2.58. The van der Waals surface area contributed by atoms with Crippen LogP contribution in [-0.4, -0.2) is 59.8 Å². The molecule has 3 nitrogen and oxygen atoms in total. The summed E-state index contributed by atoms with van der Waals surface area (Å²) in [7, 11) is 0. The van der Waals surface area contributed by atoms with E-state index in [1.165, 1.54) is 32.5 Å². The summed E-state index contributed by atoms with van der Waals surface area (Å²) in [5.41, 5.74) is 0. The van der Waals surface area contributed by atoms with Crippen LogP contribution >= 0.6 is 0 Å². The molecular weight excluding hydrogens is 188 g/mol. The summed E-state index contributed by atoms with van der Waals surface area (Å²) in [6, 6.07) is 1.44. The van der Waals surface area contributed by atoms with Gasteiger partial charge in [-0.2, -0.15) is 0 Å². The van der Waals surface area contributed by atoms with Gasteiger partial charge in [0.2, 0.25) is 0 Å². The molecule has 0 saturated carbocycles. The molecule has 0 aromatic carbocycles. The van der Waals surface area contributed by atoms with Crippen molar-refractivity contribution < 1.29 is 5.11 Å². The van der Waals surface area contributed by atoms with Crippen LogP contribution in [0.15, 0.2) is 0 Å². The largest absolute Gasteiger partial charge is 0.396 e. The third-order valence-corrected chi connectivity index (χ3v) is 4.03. The second kappa shape index (κ2) is 4.81. The number of hydrogen-bond donors (Lipinski definition) is 1. The molecule has 0 bridgehead atoms. The maximum absolute atomic E-state index is 9.18. The highest BCUT2D eigenvalue weighted by atomic mass is 16.3. The molecule has 2 aliphatic heterocycles. The molecule has 2 heterocycles. The van der Waals surface area contributed by atoms with E-state index in [4.69, 9.17) is 0 Å². The van der Waals surface area contributed by atoms with Gasteiger partial charge in [-0.1, -0.05) is 0 Å². The molecule has 2 fully saturated rings. The van der Waals surface area contributed by atoms with Gasteiger partial charge in [0.05, 0.1) is 0 Å². The van der Waals surface area contributed by atoms with E-state index in [0.717, 1.165) is 12.6 Å². The van der Waals surface area contributed by atoms with Crippen LogP contribution < -0.4 is 0 Å². The van der Waals surface area contributed by atoms with E-state index in [2.05, 4.69) is 23.6 Å². The van der Waals surface area contributed by atoms with Crippen LogP contribution in [-0.2, 0) is 0 Å². The fourth-order valence-corrected chi connectivity index (χ4v) is 2.90. The first-order valence-electron chi connectivity index (χ1n) is 6.29. The van der Waals surface area contributed by atoms with E-state index < -0.39 is 0 Å². The van der Waals surface area contributed by atoms with Crippen LogP contribution in [0.4, 0.5) is 0 Å². The van der Waals surface area contributed by atoms with Crippen LogP contribution in [0.25, 0.3) is 0 Å². The van der Waals surface area contributed by atoms with Crippen molar-refractivity contribution >= 4 is 0 Å². The Morgan fingerprint density at radius 2 is 2.00 bits per heavy atom. The van der Waals surface area contributed by atoms with Crippen molar-refractivity contribution in [3.63, 3.8) is 0 Å². The second-order valence-corrected chi connectivity index (χ2v) is 5.36. The van der Waals surface area contributed by atoms with Gasteiger partial charge >= 0.3 is 0 Å². The van der Waals surface area contributed by atoms with Crippen molar-refractivity contribution in [3.05, 3.63) is 0 Å². The molecule has 0 aromatic heterocycles. The molecule has 88 valence electrons. The fraction of sp³-hybridized carbons (Fsp3) is 1.00. The Labute approximate surface area is 93.1 Å². The highest BCUT2D eigenvalue weighted by Gasteiger charge is 2.32. The molecule has 2 aliphatic rings. The number of piperidine rings is 1. The van der Waals surface area contributed by atoms with E-state index in [9.17, 15) is 5.11 Å². The number of aliphatic hydroxyl groups is 1. The Balaban J connectivity index is 1.89. The Kier molecular flexibility index (Phi) is 3.65. The summed E-state index contributed by atoms with van der Waals surface area (Å²) >= 11 is 0. The highest BCUT2D eigenvalue weighted by Crippen LogP contribution is 2.25. The van der Waals surface area contributed by atoms with Gasteiger partial charge < -0.3 is 5.11 Å². The van der Waals surface area contributed by atoms with Crippen LogP contribution in [0.3, 0.4) is 0 Å². The minimum absolute atomic E-state index is 0.372. The van der Waals surface area contributed by atoms with Gasteiger partial charge in [-0.3, -0.25) is 9.80 Å². The molecule has 1 N–H and O–H groups in total. The first-order chi connectivity index (χ1) is 7.20. The molecular formula is C12H24N2O. The molecule has 2 rings (SSSR count). The zero-order valence-electron chi connectivity index (χ0n) is 10.0. The van der Waals surface area contributed by atoms with Crippen molar-refractivity contribution in [2.45, 2.75) is 38.8 Å². The second-order valence-electron chi connectivity index (χ2n) is 5.36. The molecule has 15 heavy (non-hydrogen) atoms. The third kappa shape index (κ3) is 2.52. The Bertz CT molecular complexity index is 208. The van der Waals surface area contributed by atoms with Crippen LogP contribution in [0.5, 0.6) is 0 Å². The van der Waals surface area contributed by atoms with Crippen molar-refractivity contribution in [2.24, 2.45) is 5.92 Å². The van der Waals surface area contributed by atoms with Gasteiger partial charge in [0.25, 0.3) is 0 Å². The lowest BCUT2D eigenvalue weighted by Gasteiger charge is -2.47. The summed E-state index contributed by atoms with van der Waals surface area (Å²) in [5.74, 6) is 0.534. The molecule has 0 amide bonds.